The van der Waals surface area contributed by atoms with Gasteiger partial charge in [0.2, 0.25) is 0 Å². The largest absolute Gasteiger partial charge is 0.459 e. The van der Waals surface area contributed by atoms with Crippen molar-refractivity contribution in [1.82, 2.24) is 15.0 Å². The molecule has 0 aliphatic rings. The van der Waals surface area contributed by atoms with Crippen LogP contribution in [0.3, 0.4) is 0 Å². The maximum absolute atomic E-state index is 5.40. The summed E-state index contributed by atoms with van der Waals surface area (Å²) in [6, 6.07) is 0.379. The fourth-order valence-electron chi connectivity index (χ4n) is 1.08. The molecule has 0 aliphatic carbocycles. The second kappa shape index (κ2) is 8.04. The van der Waals surface area contributed by atoms with Gasteiger partial charge in [-0.15, -0.1) is 15.0 Å². The Kier molecular flexibility index (Phi) is 6.39. The van der Waals surface area contributed by atoms with E-state index in [1.54, 1.807) is 0 Å². The fourth-order valence-corrected chi connectivity index (χ4v) is 1.08. The summed E-state index contributed by atoms with van der Waals surface area (Å²) in [6.07, 6.45) is 0. The van der Waals surface area contributed by atoms with E-state index in [1.807, 2.05) is 20.8 Å². The van der Waals surface area contributed by atoms with Gasteiger partial charge in [0.1, 0.15) is 19.8 Å². The quantitative estimate of drug-likeness (QED) is 0.652. The molecule has 0 atom stereocenters. The van der Waals surface area contributed by atoms with E-state index in [1.165, 1.54) is 0 Å². The summed E-state index contributed by atoms with van der Waals surface area (Å²) in [5.74, 6) is 0. The van der Waals surface area contributed by atoms with Gasteiger partial charge in [-0.25, -0.2) is 0 Å². The van der Waals surface area contributed by atoms with Crippen LogP contribution in [-0.4, -0.2) is 34.8 Å². The summed E-state index contributed by atoms with van der Waals surface area (Å²) in [4.78, 5) is 12.2. The van der Waals surface area contributed by atoms with Crippen molar-refractivity contribution in [3.05, 3.63) is 36.5 Å². The van der Waals surface area contributed by atoms with E-state index < -0.39 is 0 Å². The van der Waals surface area contributed by atoms with Gasteiger partial charge in [0.15, 0.2) is 0 Å². The van der Waals surface area contributed by atoms with Crippen LogP contribution in [0.2, 0.25) is 0 Å². The summed E-state index contributed by atoms with van der Waals surface area (Å²) in [7, 11) is 0. The molecule has 0 amide bonds. The third-order valence-corrected chi connectivity index (χ3v) is 1.92. The summed E-state index contributed by atoms with van der Waals surface area (Å²) in [5, 5.41) is 0. The van der Waals surface area contributed by atoms with Crippen molar-refractivity contribution in [2.24, 2.45) is 0 Å². The third-order valence-electron chi connectivity index (χ3n) is 1.92. The first-order valence-corrected chi connectivity index (χ1v) is 6.44. The lowest BCUT2D eigenvalue weighted by atomic mass is 10.4. The summed E-state index contributed by atoms with van der Waals surface area (Å²) >= 11 is 0. The molecule has 0 N–H and O–H groups in total. The highest BCUT2D eigenvalue weighted by Crippen LogP contribution is 2.16. The van der Waals surface area contributed by atoms with Crippen molar-refractivity contribution in [3.63, 3.8) is 0 Å². The first-order valence-electron chi connectivity index (χ1n) is 6.44. The third kappa shape index (κ3) is 7.10. The summed E-state index contributed by atoms with van der Waals surface area (Å²) in [6.45, 7) is 17.7. The monoisotopic (exact) mass is 291 g/mol. The molecule has 1 aromatic rings. The first kappa shape index (κ1) is 16.7. The molecule has 0 saturated heterocycles. The lowest BCUT2D eigenvalue weighted by Gasteiger charge is -2.09. The van der Waals surface area contributed by atoms with Gasteiger partial charge in [0.05, 0.1) is 0 Å². The van der Waals surface area contributed by atoms with Gasteiger partial charge in [-0.2, -0.15) is 0 Å². The van der Waals surface area contributed by atoms with E-state index in [9.17, 15) is 0 Å². The standard InChI is InChI=1S/C15H21N3O3/c1-10(2)7-19-13-16-14(20-8-11(3)4)18-15(17-13)21-9-12(5)6/h1,3,5,7-9H2,2,4,6H3. The predicted octanol–water partition coefficient (Wildman–Crippen LogP) is 2.74. The zero-order valence-electron chi connectivity index (χ0n) is 12.8. The molecular formula is C15H21N3O3. The molecule has 0 radical (unpaired) electrons. The maximum Gasteiger partial charge on any atom is 0.326 e. The summed E-state index contributed by atoms with van der Waals surface area (Å²) in [5.41, 5.74) is 2.55. The molecule has 0 unspecified atom stereocenters. The van der Waals surface area contributed by atoms with E-state index in [4.69, 9.17) is 14.2 Å². The van der Waals surface area contributed by atoms with E-state index >= 15 is 0 Å². The molecule has 0 bridgehead atoms. The van der Waals surface area contributed by atoms with Gasteiger partial charge in [-0.1, -0.05) is 19.7 Å². The second-order valence-electron chi connectivity index (χ2n) is 4.92. The molecular weight excluding hydrogens is 270 g/mol. The molecule has 0 aliphatic heterocycles. The molecule has 0 saturated carbocycles. The van der Waals surface area contributed by atoms with Gasteiger partial charge in [-0.05, 0) is 37.5 Å². The molecule has 6 heteroatoms. The van der Waals surface area contributed by atoms with Crippen molar-refractivity contribution in [1.29, 1.82) is 0 Å². The molecule has 0 spiro atoms. The molecule has 114 valence electrons. The van der Waals surface area contributed by atoms with Crippen molar-refractivity contribution >= 4 is 0 Å². The van der Waals surface area contributed by atoms with Crippen LogP contribution in [0.5, 0.6) is 18.0 Å². The topological polar surface area (TPSA) is 66.4 Å². The average Bonchev–Trinajstić information content (AvgIpc) is 2.40. The number of ether oxygens (including phenoxy) is 3. The van der Waals surface area contributed by atoms with Crippen LogP contribution >= 0.6 is 0 Å². The zero-order valence-corrected chi connectivity index (χ0v) is 12.8. The minimum atomic E-state index is 0.126. The SMILES string of the molecule is C=C(C)COc1nc(OCC(=C)C)nc(OCC(=C)C)n1. The molecule has 0 aromatic carbocycles. The Morgan fingerprint density at radius 3 is 1.10 bits per heavy atom. The van der Waals surface area contributed by atoms with Crippen molar-refractivity contribution in [3.8, 4) is 18.0 Å². The van der Waals surface area contributed by atoms with Crippen molar-refractivity contribution < 1.29 is 14.2 Å². The normalized spacial score (nSPS) is 9.86. The maximum atomic E-state index is 5.40. The van der Waals surface area contributed by atoms with E-state index in [0.717, 1.165) is 16.7 Å². The highest BCUT2D eigenvalue weighted by atomic mass is 16.5. The Hall–Kier alpha value is -2.37. The second-order valence-corrected chi connectivity index (χ2v) is 4.92. The van der Waals surface area contributed by atoms with Crippen LogP contribution in [0.1, 0.15) is 20.8 Å². The zero-order chi connectivity index (χ0) is 15.8. The molecule has 1 heterocycles. The Morgan fingerprint density at radius 1 is 0.667 bits per heavy atom. The van der Waals surface area contributed by atoms with Crippen LogP contribution in [0, 0.1) is 0 Å². The van der Waals surface area contributed by atoms with Gasteiger partial charge >= 0.3 is 18.0 Å². The lowest BCUT2D eigenvalue weighted by Crippen LogP contribution is -2.09. The van der Waals surface area contributed by atoms with Crippen LogP contribution in [-0.2, 0) is 0 Å². The first-order chi connectivity index (χ1) is 9.86. The molecule has 21 heavy (non-hydrogen) atoms. The van der Waals surface area contributed by atoms with Crippen LogP contribution < -0.4 is 14.2 Å². The number of hydrogen-bond acceptors (Lipinski definition) is 6. The van der Waals surface area contributed by atoms with Crippen molar-refractivity contribution in [2.45, 2.75) is 20.8 Å². The van der Waals surface area contributed by atoms with Gasteiger partial charge in [-0.3, -0.25) is 0 Å². The number of rotatable bonds is 9. The van der Waals surface area contributed by atoms with E-state index in [2.05, 4.69) is 34.7 Å². The van der Waals surface area contributed by atoms with Crippen molar-refractivity contribution in [2.75, 3.05) is 19.8 Å². The predicted molar refractivity (Wildman–Crippen MR) is 80.8 cm³/mol. The fraction of sp³-hybridized carbons (Fsp3) is 0.400. The lowest BCUT2D eigenvalue weighted by molar-refractivity contribution is 0.261. The van der Waals surface area contributed by atoms with Crippen LogP contribution in [0.15, 0.2) is 36.5 Å². The van der Waals surface area contributed by atoms with Gasteiger partial charge in [0.25, 0.3) is 0 Å². The van der Waals surface area contributed by atoms with Crippen LogP contribution in [0.25, 0.3) is 0 Å². The number of hydrogen-bond donors (Lipinski definition) is 0. The Labute approximate surface area is 125 Å². The molecule has 0 fully saturated rings. The molecule has 1 aromatic heterocycles. The Bertz CT molecular complexity index is 452. The van der Waals surface area contributed by atoms with Gasteiger partial charge in [0, 0.05) is 0 Å². The Balaban J connectivity index is 2.86. The number of aromatic nitrogens is 3. The van der Waals surface area contributed by atoms with E-state index in [0.29, 0.717) is 19.8 Å². The highest BCUT2D eigenvalue weighted by molar-refractivity contribution is 5.11. The average molecular weight is 291 g/mol. The minimum Gasteiger partial charge on any atom is -0.459 e. The molecule has 6 nitrogen and oxygen atoms in total. The Morgan fingerprint density at radius 2 is 0.905 bits per heavy atom. The van der Waals surface area contributed by atoms with Gasteiger partial charge < -0.3 is 14.2 Å². The minimum absolute atomic E-state index is 0.126. The smallest absolute Gasteiger partial charge is 0.326 e. The number of nitrogens with zero attached hydrogens (tertiary/aromatic N) is 3. The molecule has 1 rings (SSSR count). The summed E-state index contributed by atoms with van der Waals surface area (Å²) < 4.78 is 16.2. The van der Waals surface area contributed by atoms with Crippen LogP contribution in [0.4, 0.5) is 0 Å². The van der Waals surface area contributed by atoms with E-state index in [-0.39, 0.29) is 18.0 Å². The highest BCUT2D eigenvalue weighted by Gasteiger charge is 2.10.